The molecule has 0 unspecified atom stereocenters. The van der Waals surface area contributed by atoms with Gasteiger partial charge < -0.3 is 10.8 Å². The van der Waals surface area contributed by atoms with Crippen molar-refractivity contribution in [3.63, 3.8) is 0 Å². The molecule has 68 valence electrons. The van der Waals surface area contributed by atoms with Gasteiger partial charge in [-0.2, -0.15) is 0 Å². The van der Waals surface area contributed by atoms with Crippen LogP contribution in [0.1, 0.15) is 12.5 Å². The van der Waals surface area contributed by atoms with Gasteiger partial charge in [0.15, 0.2) is 0 Å². The summed E-state index contributed by atoms with van der Waals surface area (Å²) in [6.07, 6.45) is 0. The Morgan fingerprint density at radius 1 is 1.50 bits per heavy atom. The molecule has 0 saturated carbocycles. The lowest BCUT2D eigenvalue weighted by molar-refractivity contribution is 0.468. The Hall–Kier alpha value is -1.09. The van der Waals surface area contributed by atoms with Gasteiger partial charge in [0.1, 0.15) is 11.6 Å². The molecule has 0 aromatic heterocycles. The van der Waals surface area contributed by atoms with Gasteiger partial charge in [0.05, 0.1) is 0 Å². The van der Waals surface area contributed by atoms with E-state index in [1.54, 1.807) is 6.92 Å². The number of nitrogens with two attached hydrogens (primary N) is 1. The molecule has 3 heteroatoms. The van der Waals surface area contributed by atoms with E-state index in [1.165, 1.54) is 18.2 Å². The van der Waals surface area contributed by atoms with Crippen LogP contribution in [0.2, 0.25) is 0 Å². The van der Waals surface area contributed by atoms with E-state index < -0.39 is 0 Å². The maximum atomic E-state index is 12.2. The van der Waals surface area contributed by atoms with E-state index in [2.05, 4.69) is 0 Å². The Labute approximate surface area is 71.8 Å². The summed E-state index contributed by atoms with van der Waals surface area (Å²) in [5.74, 6) is -0.179. The summed E-state index contributed by atoms with van der Waals surface area (Å²) in [7, 11) is 0. The molecule has 1 aromatic rings. The van der Waals surface area contributed by atoms with Gasteiger partial charge in [-0.3, -0.25) is 0 Å². The molecule has 0 atom stereocenters. The van der Waals surface area contributed by atoms with Crippen LogP contribution in [0, 0.1) is 12.7 Å². The summed E-state index contributed by atoms with van der Waals surface area (Å²) in [6.45, 7) is 4.30. The van der Waals surface area contributed by atoms with Crippen LogP contribution in [0.4, 0.5) is 4.39 Å². The molecule has 0 saturated heterocycles. The zero-order valence-electron chi connectivity index (χ0n) is 7.34. The second-order valence-electron chi connectivity index (χ2n) is 2.34. The Morgan fingerprint density at radius 3 is 2.33 bits per heavy atom. The second-order valence-corrected chi connectivity index (χ2v) is 2.34. The number of aromatic hydroxyl groups is 1. The number of hydrogen-bond acceptors (Lipinski definition) is 2. The molecule has 1 aromatic carbocycles. The van der Waals surface area contributed by atoms with Gasteiger partial charge in [-0.25, -0.2) is 4.39 Å². The van der Waals surface area contributed by atoms with Crippen molar-refractivity contribution in [1.82, 2.24) is 0 Å². The number of aryl methyl sites for hydroxylation is 1. The van der Waals surface area contributed by atoms with Gasteiger partial charge in [0.25, 0.3) is 0 Å². The molecule has 0 amide bonds. The Morgan fingerprint density at radius 2 is 2.00 bits per heavy atom. The third-order valence-electron chi connectivity index (χ3n) is 1.16. The first kappa shape index (κ1) is 10.9. The van der Waals surface area contributed by atoms with Gasteiger partial charge >= 0.3 is 0 Å². The van der Waals surface area contributed by atoms with E-state index in [-0.39, 0.29) is 11.6 Å². The first-order valence-electron chi connectivity index (χ1n) is 3.77. The lowest BCUT2D eigenvalue weighted by Gasteiger charge is -1.94. The fraction of sp³-hybridized carbons (Fsp3) is 0.333. The first-order chi connectivity index (χ1) is 5.61. The average molecular weight is 171 g/mol. The molecular formula is C9H14FNO. The molecule has 0 heterocycles. The van der Waals surface area contributed by atoms with Crippen LogP contribution in [-0.2, 0) is 0 Å². The topological polar surface area (TPSA) is 46.2 Å². The summed E-state index contributed by atoms with van der Waals surface area (Å²) in [5, 5.41) is 8.88. The number of hydrogen-bond donors (Lipinski definition) is 2. The molecule has 0 fully saturated rings. The first-order valence-corrected chi connectivity index (χ1v) is 3.77. The zero-order valence-corrected chi connectivity index (χ0v) is 7.34. The maximum absolute atomic E-state index is 12.2. The van der Waals surface area contributed by atoms with E-state index in [0.29, 0.717) is 5.56 Å². The Kier molecular flexibility index (Phi) is 5.04. The summed E-state index contributed by atoms with van der Waals surface area (Å²) >= 11 is 0. The third-order valence-corrected chi connectivity index (χ3v) is 1.16. The molecule has 1 rings (SSSR count). The van der Waals surface area contributed by atoms with Crippen LogP contribution in [0.25, 0.3) is 0 Å². The Balaban J connectivity index is 0.000000354. The average Bonchev–Trinajstić information content (AvgIpc) is 1.99. The number of halogens is 1. The minimum Gasteiger partial charge on any atom is -0.508 e. The highest BCUT2D eigenvalue weighted by molar-refractivity contribution is 5.30. The van der Waals surface area contributed by atoms with E-state index in [1.807, 2.05) is 6.92 Å². The third kappa shape index (κ3) is 3.93. The largest absolute Gasteiger partial charge is 0.508 e. The molecule has 0 radical (unpaired) electrons. The van der Waals surface area contributed by atoms with Gasteiger partial charge in [0.2, 0.25) is 0 Å². The summed E-state index contributed by atoms with van der Waals surface area (Å²) in [6, 6.07) is 3.85. The standard InChI is InChI=1S/C7H7FO.C2H7N/c1-5-4-6(8)2-3-7(5)9;1-2-3/h2-4,9H,1H3;2-3H2,1H3. The predicted molar refractivity (Wildman–Crippen MR) is 47.5 cm³/mol. The van der Waals surface area contributed by atoms with Crippen molar-refractivity contribution in [2.24, 2.45) is 5.73 Å². The van der Waals surface area contributed by atoms with Gasteiger partial charge in [-0.05, 0) is 37.2 Å². The molecule has 12 heavy (non-hydrogen) atoms. The van der Waals surface area contributed by atoms with E-state index in [0.717, 1.165) is 6.54 Å². The van der Waals surface area contributed by atoms with Crippen LogP contribution in [0.3, 0.4) is 0 Å². The summed E-state index contributed by atoms with van der Waals surface area (Å²) < 4.78 is 12.2. The molecule has 0 aliphatic heterocycles. The lowest BCUT2D eigenvalue weighted by atomic mass is 10.2. The molecule has 0 spiro atoms. The van der Waals surface area contributed by atoms with Crippen LogP contribution in [-0.4, -0.2) is 11.7 Å². The molecule has 0 aliphatic carbocycles. The smallest absolute Gasteiger partial charge is 0.123 e. The lowest BCUT2D eigenvalue weighted by Crippen LogP contribution is -1.87. The minimum atomic E-state index is -0.315. The SMILES string of the molecule is CCN.Cc1cc(F)ccc1O. The van der Waals surface area contributed by atoms with E-state index in [4.69, 9.17) is 10.8 Å². The quantitative estimate of drug-likeness (QED) is 0.625. The monoisotopic (exact) mass is 171 g/mol. The van der Waals surface area contributed by atoms with Crippen molar-refractivity contribution in [2.75, 3.05) is 6.54 Å². The molecule has 0 aliphatic rings. The van der Waals surface area contributed by atoms with Crippen molar-refractivity contribution >= 4 is 0 Å². The van der Waals surface area contributed by atoms with Crippen molar-refractivity contribution in [1.29, 1.82) is 0 Å². The van der Waals surface area contributed by atoms with Crippen LogP contribution in [0.15, 0.2) is 18.2 Å². The van der Waals surface area contributed by atoms with Crippen molar-refractivity contribution < 1.29 is 9.50 Å². The second kappa shape index (κ2) is 5.55. The molecular weight excluding hydrogens is 157 g/mol. The number of phenols is 1. The molecule has 0 bridgehead atoms. The van der Waals surface area contributed by atoms with Crippen molar-refractivity contribution in [2.45, 2.75) is 13.8 Å². The van der Waals surface area contributed by atoms with E-state index in [9.17, 15) is 4.39 Å². The highest BCUT2D eigenvalue weighted by Crippen LogP contribution is 2.15. The molecule has 3 N–H and O–H groups in total. The fourth-order valence-electron chi connectivity index (χ4n) is 0.619. The van der Waals surface area contributed by atoms with E-state index >= 15 is 0 Å². The number of rotatable bonds is 0. The van der Waals surface area contributed by atoms with Crippen LogP contribution >= 0.6 is 0 Å². The van der Waals surface area contributed by atoms with Crippen molar-refractivity contribution in [3.05, 3.63) is 29.6 Å². The van der Waals surface area contributed by atoms with Crippen molar-refractivity contribution in [3.8, 4) is 5.75 Å². The number of benzene rings is 1. The van der Waals surface area contributed by atoms with Gasteiger partial charge in [-0.1, -0.05) is 6.92 Å². The zero-order chi connectivity index (χ0) is 9.56. The summed E-state index contributed by atoms with van der Waals surface area (Å²) in [4.78, 5) is 0. The number of phenolic OH excluding ortho intramolecular Hbond substituents is 1. The summed E-state index contributed by atoms with van der Waals surface area (Å²) in [5.41, 5.74) is 5.41. The highest BCUT2D eigenvalue weighted by atomic mass is 19.1. The van der Waals surface area contributed by atoms with Gasteiger partial charge in [-0.15, -0.1) is 0 Å². The Bertz CT molecular complexity index is 238. The normalized spacial score (nSPS) is 8.67. The predicted octanol–water partition coefficient (Wildman–Crippen LogP) is 1.80. The van der Waals surface area contributed by atoms with Crippen LogP contribution in [0.5, 0.6) is 5.75 Å². The highest BCUT2D eigenvalue weighted by Gasteiger charge is 1.94. The minimum absolute atomic E-state index is 0.136. The maximum Gasteiger partial charge on any atom is 0.123 e. The van der Waals surface area contributed by atoms with Crippen LogP contribution < -0.4 is 5.73 Å². The fourth-order valence-corrected chi connectivity index (χ4v) is 0.619. The van der Waals surface area contributed by atoms with Gasteiger partial charge in [0, 0.05) is 0 Å². The molecule has 2 nitrogen and oxygen atoms in total.